The maximum atomic E-state index is 10.8. The van der Waals surface area contributed by atoms with Gasteiger partial charge in [0, 0.05) is 18.8 Å². The van der Waals surface area contributed by atoms with Crippen molar-refractivity contribution in [3.05, 3.63) is 38.2 Å². The van der Waals surface area contributed by atoms with Crippen molar-refractivity contribution < 1.29 is 4.92 Å². The van der Waals surface area contributed by atoms with Gasteiger partial charge in [-0.15, -0.1) is 0 Å². The van der Waals surface area contributed by atoms with Gasteiger partial charge < -0.3 is 5.32 Å². The first kappa shape index (κ1) is 13.5. The Morgan fingerprint density at radius 2 is 2.16 bits per heavy atom. The van der Waals surface area contributed by atoms with Crippen molar-refractivity contribution in [2.75, 3.05) is 5.32 Å². The molecule has 2 rings (SSSR count). The minimum absolute atomic E-state index is 0.0136. The second-order valence-corrected chi connectivity index (χ2v) is 4.91. The number of hydrogen-bond donors (Lipinski definition) is 1. The van der Waals surface area contributed by atoms with E-state index < -0.39 is 4.92 Å². The van der Waals surface area contributed by atoms with E-state index in [1.54, 1.807) is 11.6 Å². The second kappa shape index (κ2) is 4.96. The molecule has 0 amide bonds. The maximum Gasteiger partial charge on any atom is 0.291 e. The molecule has 2 heterocycles. The average molecular weight is 326 g/mol. The third-order valence-electron chi connectivity index (χ3n) is 2.70. The van der Waals surface area contributed by atoms with E-state index in [4.69, 9.17) is 0 Å². The number of aromatic nitrogens is 3. The van der Waals surface area contributed by atoms with E-state index in [0.29, 0.717) is 15.9 Å². The van der Waals surface area contributed by atoms with Gasteiger partial charge in [0.15, 0.2) is 0 Å². The zero-order chi connectivity index (χ0) is 14.2. The van der Waals surface area contributed by atoms with Crippen molar-refractivity contribution in [1.82, 2.24) is 14.8 Å². The highest BCUT2D eigenvalue weighted by Gasteiger charge is 2.17. The Morgan fingerprint density at radius 1 is 1.47 bits per heavy atom. The highest BCUT2D eigenvalue weighted by Crippen LogP contribution is 2.32. The highest BCUT2D eigenvalue weighted by atomic mass is 79.9. The molecule has 19 heavy (non-hydrogen) atoms. The Kier molecular flexibility index (Phi) is 3.52. The summed E-state index contributed by atoms with van der Waals surface area (Å²) in [5.74, 6) is 0.527. The number of nitrogens with one attached hydrogen (secondary N) is 1. The van der Waals surface area contributed by atoms with E-state index in [1.165, 1.54) is 6.20 Å². The molecule has 7 nitrogen and oxygen atoms in total. The van der Waals surface area contributed by atoms with E-state index in [9.17, 15) is 10.1 Å². The molecule has 2 aromatic rings. The molecule has 0 aliphatic carbocycles. The van der Waals surface area contributed by atoms with Crippen LogP contribution < -0.4 is 5.32 Å². The van der Waals surface area contributed by atoms with E-state index in [2.05, 4.69) is 31.3 Å². The number of nitrogens with zero attached hydrogens (tertiary/aromatic N) is 4. The Bertz CT molecular complexity index is 653. The van der Waals surface area contributed by atoms with Crippen molar-refractivity contribution in [3.63, 3.8) is 0 Å². The lowest BCUT2D eigenvalue weighted by molar-refractivity contribution is -0.385. The summed E-state index contributed by atoms with van der Waals surface area (Å²) >= 11 is 3.33. The standard InChI is InChI=1S/C11H12BrN5O2/c1-6-9(17(18)19)4-13-11(10(6)12)14-8-5-16(3)15-7(8)2/h4-5H,1-3H3,(H,13,14). The first-order valence-electron chi connectivity index (χ1n) is 5.47. The first-order valence-corrected chi connectivity index (χ1v) is 6.26. The Balaban J connectivity index is 2.39. The molecule has 0 saturated heterocycles. The van der Waals surface area contributed by atoms with Gasteiger partial charge in [-0.25, -0.2) is 4.98 Å². The van der Waals surface area contributed by atoms with E-state index in [0.717, 1.165) is 11.4 Å². The van der Waals surface area contributed by atoms with Crippen LogP contribution in [0.3, 0.4) is 0 Å². The minimum Gasteiger partial charge on any atom is -0.336 e. The van der Waals surface area contributed by atoms with Crippen LogP contribution in [-0.4, -0.2) is 19.7 Å². The number of anilines is 2. The summed E-state index contributed by atoms with van der Waals surface area (Å²) in [6.07, 6.45) is 3.06. The van der Waals surface area contributed by atoms with Crippen LogP contribution >= 0.6 is 15.9 Å². The van der Waals surface area contributed by atoms with E-state index in [1.807, 2.05) is 20.2 Å². The number of nitro groups is 1. The van der Waals surface area contributed by atoms with Gasteiger partial charge >= 0.3 is 0 Å². The highest BCUT2D eigenvalue weighted by molar-refractivity contribution is 9.10. The van der Waals surface area contributed by atoms with Gasteiger partial charge in [0.05, 0.1) is 20.8 Å². The lowest BCUT2D eigenvalue weighted by Gasteiger charge is -2.08. The smallest absolute Gasteiger partial charge is 0.291 e. The number of halogens is 1. The van der Waals surface area contributed by atoms with Gasteiger partial charge in [0.2, 0.25) is 0 Å². The summed E-state index contributed by atoms with van der Waals surface area (Å²) in [6.45, 7) is 3.54. The maximum absolute atomic E-state index is 10.8. The number of hydrogen-bond acceptors (Lipinski definition) is 5. The topological polar surface area (TPSA) is 85.9 Å². The molecule has 100 valence electrons. The van der Waals surface area contributed by atoms with E-state index in [-0.39, 0.29) is 5.69 Å². The fourth-order valence-electron chi connectivity index (χ4n) is 1.69. The summed E-state index contributed by atoms with van der Waals surface area (Å²) in [5, 5.41) is 18.1. The molecule has 0 atom stereocenters. The summed E-state index contributed by atoms with van der Waals surface area (Å²) in [4.78, 5) is 14.4. The molecule has 0 fully saturated rings. The van der Waals surface area contributed by atoms with Crippen LogP contribution in [-0.2, 0) is 7.05 Å². The predicted octanol–water partition coefficient (Wildman–Crippen LogP) is 2.85. The molecule has 2 aromatic heterocycles. The zero-order valence-corrected chi connectivity index (χ0v) is 12.2. The van der Waals surface area contributed by atoms with E-state index >= 15 is 0 Å². The summed E-state index contributed by atoms with van der Waals surface area (Å²) in [7, 11) is 1.82. The molecular weight excluding hydrogens is 314 g/mol. The Hall–Kier alpha value is -1.96. The van der Waals surface area contributed by atoms with Crippen LogP contribution in [0, 0.1) is 24.0 Å². The summed E-state index contributed by atoms with van der Waals surface area (Å²) in [6, 6.07) is 0. The van der Waals surface area contributed by atoms with Gasteiger partial charge in [-0.05, 0) is 29.8 Å². The first-order chi connectivity index (χ1) is 8.90. The largest absolute Gasteiger partial charge is 0.336 e. The van der Waals surface area contributed by atoms with Gasteiger partial charge in [0.1, 0.15) is 12.0 Å². The molecule has 1 N–H and O–H groups in total. The van der Waals surface area contributed by atoms with Crippen molar-refractivity contribution in [2.45, 2.75) is 13.8 Å². The van der Waals surface area contributed by atoms with Gasteiger partial charge in [0.25, 0.3) is 5.69 Å². The molecule has 0 bridgehead atoms. The lowest BCUT2D eigenvalue weighted by Crippen LogP contribution is -2.00. The van der Waals surface area contributed by atoms with Crippen molar-refractivity contribution in [2.24, 2.45) is 7.05 Å². The normalized spacial score (nSPS) is 10.5. The molecule has 0 aliphatic rings. The molecule has 0 aliphatic heterocycles. The third-order valence-corrected chi connectivity index (χ3v) is 3.67. The van der Waals surface area contributed by atoms with Crippen LogP contribution in [0.2, 0.25) is 0 Å². The Labute approximate surface area is 117 Å². The van der Waals surface area contributed by atoms with Gasteiger partial charge in [-0.2, -0.15) is 5.10 Å². The molecule has 0 saturated carbocycles. The van der Waals surface area contributed by atoms with Crippen LogP contribution in [0.5, 0.6) is 0 Å². The second-order valence-electron chi connectivity index (χ2n) is 4.11. The molecule has 0 radical (unpaired) electrons. The predicted molar refractivity (Wildman–Crippen MR) is 74.6 cm³/mol. The molecule has 0 aromatic carbocycles. The monoisotopic (exact) mass is 325 g/mol. The zero-order valence-electron chi connectivity index (χ0n) is 10.6. The summed E-state index contributed by atoms with van der Waals surface area (Å²) < 4.78 is 2.26. The van der Waals surface area contributed by atoms with Gasteiger partial charge in [-0.1, -0.05) is 0 Å². The van der Waals surface area contributed by atoms with Crippen LogP contribution in [0.25, 0.3) is 0 Å². The SMILES string of the molecule is Cc1nn(C)cc1Nc1ncc([N+](=O)[O-])c(C)c1Br. The van der Waals surface area contributed by atoms with Crippen LogP contribution in [0.15, 0.2) is 16.9 Å². The van der Waals surface area contributed by atoms with Crippen molar-refractivity contribution >= 4 is 33.1 Å². The number of aryl methyl sites for hydroxylation is 2. The van der Waals surface area contributed by atoms with Crippen molar-refractivity contribution in [1.29, 1.82) is 0 Å². The fraction of sp³-hybridized carbons (Fsp3) is 0.273. The molecular formula is C11H12BrN5O2. The van der Waals surface area contributed by atoms with Gasteiger partial charge in [-0.3, -0.25) is 14.8 Å². The van der Waals surface area contributed by atoms with Crippen LogP contribution in [0.4, 0.5) is 17.2 Å². The Morgan fingerprint density at radius 3 is 2.68 bits per heavy atom. The minimum atomic E-state index is -0.452. The molecule has 0 spiro atoms. The summed E-state index contributed by atoms with van der Waals surface area (Å²) in [5.41, 5.74) is 2.15. The third kappa shape index (κ3) is 2.58. The number of pyridine rings is 1. The quantitative estimate of drug-likeness (QED) is 0.692. The number of rotatable bonds is 3. The average Bonchev–Trinajstić information content (AvgIpc) is 2.63. The molecule has 8 heteroatoms. The van der Waals surface area contributed by atoms with Crippen LogP contribution in [0.1, 0.15) is 11.3 Å². The van der Waals surface area contributed by atoms with Crippen molar-refractivity contribution in [3.8, 4) is 0 Å². The fourth-order valence-corrected chi connectivity index (χ4v) is 2.09. The lowest BCUT2D eigenvalue weighted by atomic mass is 10.2. The molecule has 0 unspecified atom stereocenters.